The third kappa shape index (κ3) is 9.20. The number of aliphatic imine (C=N–C) groups is 1. The van der Waals surface area contributed by atoms with Gasteiger partial charge in [-0.2, -0.15) is 10.2 Å². The summed E-state index contributed by atoms with van der Waals surface area (Å²) in [6.45, 7) is 6.14. The Morgan fingerprint density at radius 2 is 1.57 bits per heavy atom. The quantitative estimate of drug-likeness (QED) is 0.0815. The molecule has 3 aliphatic rings. The molecule has 2 atom stereocenters. The van der Waals surface area contributed by atoms with Crippen LogP contribution in [0.3, 0.4) is 0 Å². The molecular weight excluding hydrogens is 894 g/mol. The number of ether oxygens (including phenoxy) is 1. The molecule has 1 fully saturated rings. The van der Waals surface area contributed by atoms with Crippen LogP contribution in [0.2, 0.25) is 5.02 Å². The van der Waals surface area contributed by atoms with Crippen LogP contribution in [-0.4, -0.2) is 79.9 Å². The summed E-state index contributed by atoms with van der Waals surface area (Å²) in [5.41, 5.74) is 6.80. The highest BCUT2D eigenvalue weighted by molar-refractivity contribution is 7.15. The van der Waals surface area contributed by atoms with Crippen molar-refractivity contribution in [3.05, 3.63) is 151 Å². The molecule has 0 bridgehead atoms. The number of hydrogen-bond acceptors (Lipinski definition) is 13. The predicted molar refractivity (Wildman–Crippen MR) is 249 cm³/mol. The van der Waals surface area contributed by atoms with Crippen LogP contribution >= 0.6 is 22.9 Å². The van der Waals surface area contributed by atoms with Crippen LogP contribution in [0, 0.1) is 20.8 Å². The van der Waals surface area contributed by atoms with Crippen molar-refractivity contribution in [2.75, 3.05) is 13.2 Å². The molecule has 5 amide bonds. The Bertz CT molecular complexity index is 3050. The number of hydrogen-bond donors (Lipinski definition) is 2. The van der Waals surface area contributed by atoms with Crippen LogP contribution in [0.1, 0.15) is 90.4 Å². The van der Waals surface area contributed by atoms with E-state index in [1.54, 1.807) is 35.6 Å². The molecular formula is C49H42ClN9O7S. The molecule has 5 heterocycles. The van der Waals surface area contributed by atoms with Crippen molar-refractivity contribution >= 4 is 75.3 Å². The number of thiophene rings is 1. The Morgan fingerprint density at radius 3 is 2.27 bits per heavy atom. The van der Waals surface area contributed by atoms with Crippen LogP contribution in [0.15, 0.2) is 106 Å². The number of carbonyl (C=O) groups is 6. The van der Waals surface area contributed by atoms with Gasteiger partial charge in [0.05, 0.1) is 34.6 Å². The Labute approximate surface area is 393 Å². The third-order valence-corrected chi connectivity index (χ3v) is 13.3. The molecule has 3 aliphatic heterocycles. The topological polar surface area (TPSA) is 207 Å². The number of benzene rings is 4. The van der Waals surface area contributed by atoms with E-state index >= 15 is 0 Å². The average Bonchev–Trinajstić information content (AvgIpc) is 3.89. The van der Waals surface area contributed by atoms with Crippen LogP contribution < -0.4 is 15.4 Å². The first-order chi connectivity index (χ1) is 32.3. The van der Waals surface area contributed by atoms with E-state index in [1.165, 1.54) is 23.1 Å². The zero-order valence-electron chi connectivity index (χ0n) is 36.5. The van der Waals surface area contributed by atoms with Crippen molar-refractivity contribution in [1.82, 2.24) is 30.3 Å². The molecule has 0 spiro atoms. The molecule has 1 unspecified atom stereocenters. The number of piperidine rings is 1. The summed E-state index contributed by atoms with van der Waals surface area (Å²) >= 11 is 7.90. The van der Waals surface area contributed by atoms with E-state index in [2.05, 4.69) is 44.9 Å². The maximum atomic E-state index is 13.5. The molecule has 0 radical (unpaired) electrons. The molecule has 338 valence electrons. The van der Waals surface area contributed by atoms with Crippen LogP contribution in [0.4, 0.5) is 11.4 Å². The van der Waals surface area contributed by atoms with E-state index in [-0.39, 0.29) is 60.9 Å². The van der Waals surface area contributed by atoms with Gasteiger partial charge >= 0.3 is 0 Å². The largest absolute Gasteiger partial charge is 0.485 e. The summed E-state index contributed by atoms with van der Waals surface area (Å²) < 4.78 is 7.77. The van der Waals surface area contributed by atoms with Crippen molar-refractivity contribution in [2.45, 2.75) is 65.0 Å². The second-order valence-electron chi connectivity index (χ2n) is 16.4. The Balaban J connectivity index is 0.760. The molecule has 2 N–H and O–H groups in total. The van der Waals surface area contributed by atoms with Gasteiger partial charge in [-0.15, -0.1) is 21.5 Å². The number of azo groups is 1. The Hall–Kier alpha value is -7.50. The molecule has 2 aromatic heterocycles. The number of fused-ring (bicyclic) bond motifs is 4. The Kier molecular flexibility index (Phi) is 12.5. The van der Waals surface area contributed by atoms with E-state index in [9.17, 15) is 28.8 Å². The second-order valence-corrected chi connectivity index (χ2v) is 18.0. The summed E-state index contributed by atoms with van der Waals surface area (Å²) in [6, 6.07) is 25.0. The lowest BCUT2D eigenvalue weighted by Crippen LogP contribution is -2.54. The fourth-order valence-corrected chi connectivity index (χ4v) is 9.63. The van der Waals surface area contributed by atoms with Gasteiger partial charge in [-0.25, -0.2) is 0 Å². The average molecular weight is 936 g/mol. The third-order valence-electron chi connectivity index (χ3n) is 11.8. The van der Waals surface area contributed by atoms with Crippen molar-refractivity contribution in [2.24, 2.45) is 15.2 Å². The lowest BCUT2D eigenvalue weighted by molar-refractivity contribution is -0.136. The molecule has 16 nitrogen and oxygen atoms in total. The van der Waals surface area contributed by atoms with E-state index in [0.29, 0.717) is 40.8 Å². The molecule has 6 aromatic rings. The van der Waals surface area contributed by atoms with Gasteiger partial charge in [-0.05, 0) is 98.8 Å². The van der Waals surface area contributed by atoms with Gasteiger partial charge in [0.25, 0.3) is 11.8 Å². The van der Waals surface area contributed by atoms with Gasteiger partial charge in [-0.3, -0.25) is 48.5 Å². The summed E-state index contributed by atoms with van der Waals surface area (Å²) in [5, 5.41) is 24.4. The van der Waals surface area contributed by atoms with Crippen LogP contribution in [0.25, 0.3) is 5.00 Å². The highest BCUT2D eigenvalue weighted by atomic mass is 35.5. The smallest absolute Gasteiger partial charge is 0.266 e. The van der Waals surface area contributed by atoms with E-state index < -0.39 is 35.7 Å². The summed E-state index contributed by atoms with van der Waals surface area (Å²) in [6.07, 6.45) is 0.760. The second kappa shape index (κ2) is 18.8. The maximum absolute atomic E-state index is 13.5. The van der Waals surface area contributed by atoms with Gasteiger partial charge in [0.15, 0.2) is 11.6 Å². The minimum Gasteiger partial charge on any atom is -0.485 e. The predicted octanol–water partition coefficient (Wildman–Crippen LogP) is 7.56. The summed E-state index contributed by atoms with van der Waals surface area (Å²) in [7, 11) is 0. The molecule has 0 saturated carbocycles. The number of aromatic nitrogens is 3. The number of halogens is 1. The Morgan fingerprint density at radius 1 is 0.866 bits per heavy atom. The van der Waals surface area contributed by atoms with E-state index in [4.69, 9.17) is 21.3 Å². The molecule has 0 aliphatic carbocycles. The van der Waals surface area contributed by atoms with Crippen molar-refractivity contribution < 1.29 is 33.5 Å². The monoisotopic (exact) mass is 935 g/mol. The molecule has 4 aromatic carbocycles. The zero-order chi connectivity index (χ0) is 46.9. The lowest BCUT2D eigenvalue weighted by atomic mass is 9.99. The first-order valence-corrected chi connectivity index (χ1v) is 22.7. The van der Waals surface area contributed by atoms with Gasteiger partial charge in [0, 0.05) is 40.4 Å². The lowest BCUT2D eigenvalue weighted by Gasteiger charge is -2.27. The molecule has 18 heteroatoms. The number of ketones is 1. The van der Waals surface area contributed by atoms with Crippen LogP contribution in [-0.2, 0) is 32.0 Å². The fourth-order valence-electron chi connectivity index (χ4n) is 8.29. The van der Waals surface area contributed by atoms with E-state index in [1.807, 2.05) is 60.0 Å². The zero-order valence-corrected chi connectivity index (χ0v) is 38.1. The number of imide groups is 2. The van der Waals surface area contributed by atoms with Gasteiger partial charge in [-0.1, -0.05) is 54.1 Å². The summed E-state index contributed by atoms with van der Waals surface area (Å²) in [4.78, 5) is 84.1. The normalized spacial score (nSPS) is 16.6. The number of rotatable bonds is 14. The maximum Gasteiger partial charge on any atom is 0.266 e. The SMILES string of the molecule is Cc1sc2c(c1C)C(c1ccc(Cl)cc1)=N[C@@H](CC(=O)NCCc1ccc(N=Nc3ccc(CC(=O)COc4cccc5c4C(=O)N(C4CCC(=O)NC4=O)C5=O)cc3)cc1)c1nnc(C)n1-2. The highest BCUT2D eigenvalue weighted by Crippen LogP contribution is 2.40. The number of Topliss-reactive ketones (excluding diaryl/α,β-unsaturated/α-hetero) is 1. The molecule has 9 rings (SSSR count). The van der Waals surface area contributed by atoms with Crippen molar-refractivity contribution in [3.8, 4) is 10.8 Å². The number of nitrogens with zero attached hydrogens (tertiary/aromatic N) is 7. The van der Waals surface area contributed by atoms with Crippen molar-refractivity contribution in [1.29, 1.82) is 0 Å². The van der Waals surface area contributed by atoms with Crippen LogP contribution in [0.5, 0.6) is 5.75 Å². The van der Waals surface area contributed by atoms with Crippen molar-refractivity contribution in [3.63, 3.8) is 0 Å². The first-order valence-electron chi connectivity index (χ1n) is 21.5. The summed E-state index contributed by atoms with van der Waals surface area (Å²) in [5.74, 6) is -1.58. The van der Waals surface area contributed by atoms with Gasteiger partial charge in [0.2, 0.25) is 17.7 Å². The highest BCUT2D eigenvalue weighted by Gasteiger charge is 2.46. The minimum atomic E-state index is -1.11. The number of nitrogens with one attached hydrogen (secondary N) is 2. The number of carbonyl (C=O) groups excluding carboxylic acids is 6. The van der Waals surface area contributed by atoms with Gasteiger partial charge < -0.3 is 10.1 Å². The number of amides is 5. The van der Waals surface area contributed by atoms with E-state index in [0.717, 1.165) is 43.7 Å². The molecule has 1 saturated heterocycles. The number of aryl methyl sites for hydroxylation is 2. The standard InChI is InChI=1S/C49H42ClN9O7S/c1-26-27(2)67-49-42(26)44(31-11-13-32(50)14-12-31)52-37(45-57-54-28(3)58(45)49)24-41(62)51-22-21-29-7-15-33(16-8-29)55-56-34-17-9-30(10-18-34)23-35(60)25-66-39-6-4-5-36-43(39)48(65)59(47(36)64)38-19-20-40(61)53-46(38)63/h4-18,37-38H,19-25H2,1-3H3,(H,51,62)(H,53,61,63)/t37-,38?/m0/s1. The fraction of sp³-hybridized carbons (Fsp3) is 0.245. The van der Waals surface area contributed by atoms with Gasteiger partial charge in [0.1, 0.15) is 35.3 Å². The molecule has 67 heavy (non-hydrogen) atoms. The first kappa shape index (κ1) is 44.7. The minimum absolute atomic E-state index is 0.00348.